The van der Waals surface area contributed by atoms with Gasteiger partial charge in [-0.1, -0.05) is 12.1 Å². The summed E-state index contributed by atoms with van der Waals surface area (Å²) in [6.07, 6.45) is 1.70. The molecule has 2 rings (SSSR count). The maximum atomic E-state index is 11.9. The number of benzene rings is 1. The minimum absolute atomic E-state index is 0.0676. The highest BCUT2D eigenvalue weighted by atomic mass is 16.6. The Morgan fingerprint density at radius 2 is 2.17 bits per heavy atom. The third kappa shape index (κ3) is 4.38. The van der Waals surface area contributed by atoms with E-state index in [1.165, 1.54) is 16.8 Å². The van der Waals surface area contributed by atoms with Crippen molar-refractivity contribution in [3.63, 3.8) is 0 Å². The number of carbonyl (C=O) groups excluding carboxylic acids is 1. The van der Waals surface area contributed by atoms with Gasteiger partial charge in [0.05, 0.1) is 5.56 Å². The van der Waals surface area contributed by atoms with Gasteiger partial charge in [0.1, 0.15) is 12.7 Å². The predicted molar refractivity (Wildman–Crippen MR) is 83.7 cm³/mol. The molecule has 0 aliphatic rings. The maximum Gasteiger partial charge on any atom is 0.381 e. The second-order valence-corrected chi connectivity index (χ2v) is 5.14. The van der Waals surface area contributed by atoms with Gasteiger partial charge in [-0.05, 0) is 34.0 Å². The Morgan fingerprint density at radius 1 is 1.42 bits per heavy atom. The van der Waals surface area contributed by atoms with E-state index in [0.717, 1.165) is 5.56 Å². The van der Waals surface area contributed by atoms with Crippen LogP contribution >= 0.6 is 0 Å². The molecule has 0 unspecified atom stereocenters. The molecule has 9 nitrogen and oxygen atoms in total. The van der Waals surface area contributed by atoms with E-state index in [-0.39, 0.29) is 23.8 Å². The lowest BCUT2D eigenvalue weighted by Crippen LogP contribution is -2.29. The topological polar surface area (TPSA) is 127 Å². The number of aryl methyl sites for hydroxylation is 1. The molecule has 9 heteroatoms. The van der Waals surface area contributed by atoms with Gasteiger partial charge in [-0.3, -0.25) is 9.36 Å². The highest BCUT2D eigenvalue weighted by Gasteiger charge is 2.16. The van der Waals surface area contributed by atoms with Gasteiger partial charge < -0.3 is 20.5 Å². The Bertz CT molecular complexity index is 784. The van der Waals surface area contributed by atoms with E-state index < -0.39 is 10.9 Å². The van der Waals surface area contributed by atoms with Crippen molar-refractivity contribution in [2.45, 2.75) is 19.9 Å². The van der Waals surface area contributed by atoms with Gasteiger partial charge >= 0.3 is 11.8 Å². The zero-order valence-corrected chi connectivity index (χ0v) is 12.9. The fraction of sp³-hybridized carbons (Fsp3) is 0.267. The Morgan fingerprint density at radius 3 is 2.79 bits per heavy atom. The average Bonchev–Trinajstić information content (AvgIpc) is 2.89. The van der Waals surface area contributed by atoms with Crippen LogP contribution < -0.4 is 5.32 Å². The number of carbonyl (C=O) groups is 2. The summed E-state index contributed by atoms with van der Waals surface area (Å²) in [6, 6.07) is 6.48. The van der Waals surface area contributed by atoms with Crippen LogP contribution in [0.25, 0.3) is 0 Å². The molecule has 1 heterocycles. The van der Waals surface area contributed by atoms with E-state index in [1.807, 2.05) is 0 Å². The number of rotatable bonds is 7. The summed E-state index contributed by atoms with van der Waals surface area (Å²) in [5.41, 5.74) is 0.991. The minimum atomic E-state index is -1.00. The Hall–Kier alpha value is -3.23. The van der Waals surface area contributed by atoms with Crippen LogP contribution in [0.2, 0.25) is 0 Å². The molecule has 2 N–H and O–H groups in total. The molecule has 0 saturated carbocycles. The van der Waals surface area contributed by atoms with E-state index in [0.29, 0.717) is 18.8 Å². The van der Waals surface area contributed by atoms with E-state index >= 15 is 0 Å². The Labute approximate surface area is 137 Å². The predicted octanol–water partition coefficient (Wildman–Crippen LogP) is 1.16. The quantitative estimate of drug-likeness (QED) is 0.578. The molecular weight excluding hydrogens is 316 g/mol. The van der Waals surface area contributed by atoms with Crippen LogP contribution in [0, 0.1) is 17.0 Å². The summed E-state index contributed by atoms with van der Waals surface area (Å²) in [7, 11) is 0. The second kappa shape index (κ2) is 7.36. The first kappa shape index (κ1) is 17.1. The highest BCUT2D eigenvalue weighted by Crippen LogP contribution is 2.10. The zero-order valence-electron chi connectivity index (χ0n) is 12.9. The van der Waals surface area contributed by atoms with Crippen molar-refractivity contribution in [2.75, 3.05) is 6.54 Å². The van der Waals surface area contributed by atoms with Crippen LogP contribution in [-0.2, 0) is 17.8 Å². The van der Waals surface area contributed by atoms with E-state index in [1.54, 1.807) is 25.1 Å². The maximum absolute atomic E-state index is 11.9. The summed E-state index contributed by atoms with van der Waals surface area (Å²) >= 11 is 0. The number of amides is 1. The van der Waals surface area contributed by atoms with Crippen molar-refractivity contribution in [1.29, 1.82) is 0 Å². The number of hydrogen-bond donors (Lipinski definition) is 2. The number of nitrogens with zero attached hydrogens (tertiary/aromatic N) is 3. The van der Waals surface area contributed by atoms with Crippen molar-refractivity contribution in [3.8, 4) is 0 Å². The Balaban J connectivity index is 1.86. The normalized spacial score (nSPS) is 10.4. The van der Waals surface area contributed by atoms with Crippen LogP contribution in [0.3, 0.4) is 0 Å². The van der Waals surface area contributed by atoms with Crippen molar-refractivity contribution in [2.24, 2.45) is 0 Å². The molecule has 0 aliphatic heterocycles. The molecule has 0 aliphatic carbocycles. The molecule has 0 atom stereocenters. The van der Waals surface area contributed by atoms with Gasteiger partial charge in [-0.25, -0.2) is 4.79 Å². The van der Waals surface area contributed by atoms with Crippen LogP contribution in [0.1, 0.15) is 21.7 Å². The number of aromatic carboxylic acids is 1. The summed E-state index contributed by atoms with van der Waals surface area (Å²) in [4.78, 5) is 36.6. The zero-order chi connectivity index (χ0) is 17.7. The van der Waals surface area contributed by atoms with Crippen LogP contribution in [0.15, 0.2) is 30.5 Å². The monoisotopic (exact) mass is 332 g/mol. The van der Waals surface area contributed by atoms with Gasteiger partial charge in [0.2, 0.25) is 11.7 Å². The van der Waals surface area contributed by atoms with Gasteiger partial charge in [0, 0.05) is 13.5 Å². The molecule has 126 valence electrons. The SMILES string of the molecule is Cc1nc([N+](=O)[O-])cn1CC(=O)NCCc1cccc(C(=O)O)c1. The number of carboxylic acids is 1. The van der Waals surface area contributed by atoms with Crippen LogP contribution in [0.4, 0.5) is 5.82 Å². The largest absolute Gasteiger partial charge is 0.478 e. The van der Waals surface area contributed by atoms with E-state index in [2.05, 4.69) is 10.3 Å². The summed E-state index contributed by atoms with van der Waals surface area (Å²) in [5.74, 6) is -1.23. The molecule has 1 aromatic carbocycles. The van der Waals surface area contributed by atoms with Crippen molar-refractivity contribution < 1.29 is 19.6 Å². The minimum Gasteiger partial charge on any atom is -0.478 e. The van der Waals surface area contributed by atoms with Crippen molar-refractivity contribution in [3.05, 3.63) is 57.5 Å². The fourth-order valence-electron chi connectivity index (χ4n) is 2.16. The molecule has 1 aromatic heterocycles. The third-order valence-corrected chi connectivity index (χ3v) is 3.37. The highest BCUT2D eigenvalue weighted by molar-refractivity contribution is 5.87. The van der Waals surface area contributed by atoms with Gasteiger partial charge in [0.15, 0.2) is 0 Å². The summed E-state index contributed by atoms with van der Waals surface area (Å²) < 4.78 is 1.40. The molecule has 0 spiro atoms. The molecule has 2 aromatic rings. The van der Waals surface area contributed by atoms with Crippen LogP contribution in [-0.4, -0.2) is 38.0 Å². The summed E-state index contributed by atoms with van der Waals surface area (Å²) in [6.45, 7) is 1.84. The number of nitro groups is 1. The number of carboxylic acid groups (broad SMARTS) is 1. The third-order valence-electron chi connectivity index (χ3n) is 3.37. The van der Waals surface area contributed by atoms with E-state index in [4.69, 9.17) is 5.11 Å². The molecule has 24 heavy (non-hydrogen) atoms. The smallest absolute Gasteiger partial charge is 0.381 e. The molecule has 0 radical (unpaired) electrons. The molecule has 1 amide bonds. The van der Waals surface area contributed by atoms with E-state index in [9.17, 15) is 19.7 Å². The van der Waals surface area contributed by atoms with Crippen LogP contribution in [0.5, 0.6) is 0 Å². The fourth-order valence-corrected chi connectivity index (χ4v) is 2.16. The van der Waals surface area contributed by atoms with Crippen molar-refractivity contribution in [1.82, 2.24) is 14.9 Å². The number of hydrogen-bond acceptors (Lipinski definition) is 5. The lowest BCUT2D eigenvalue weighted by molar-refractivity contribution is -0.389. The van der Waals surface area contributed by atoms with Gasteiger partial charge in [0.25, 0.3) is 0 Å². The lowest BCUT2D eigenvalue weighted by atomic mass is 10.1. The molecular formula is C15H16N4O5. The first-order valence-electron chi connectivity index (χ1n) is 7.14. The molecule has 0 saturated heterocycles. The van der Waals surface area contributed by atoms with Gasteiger partial charge in [-0.2, -0.15) is 0 Å². The summed E-state index contributed by atoms with van der Waals surface area (Å²) in [5, 5.41) is 22.3. The molecule has 0 fully saturated rings. The Kier molecular flexibility index (Phi) is 5.25. The number of nitrogens with one attached hydrogen (secondary N) is 1. The average molecular weight is 332 g/mol. The number of imidazole rings is 1. The molecule has 0 bridgehead atoms. The first-order valence-corrected chi connectivity index (χ1v) is 7.14. The second-order valence-electron chi connectivity index (χ2n) is 5.14. The standard InChI is InChI=1S/C15H16N4O5/c1-10-17-13(19(23)24)8-18(10)9-14(20)16-6-5-11-3-2-4-12(7-11)15(21)22/h2-4,7-8H,5-6,9H2,1H3,(H,16,20)(H,21,22). The van der Waals surface area contributed by atoms with Crippen molar-refractivity contribution >= 4 is 17.7 Å². The lowest BCUT2D eigenvalue weighted by Gasteiger charge is -2.06. The van der Waals surface area contributed by atoms with Gasteiger partial charge in [-0.15, -0.1) is 0 Å². The first-order chi connectivity index (χ1) is 11.4. The number of aromatic nitrogens is 2.